The molecule has 1 saturated heterocycles. The fraction of sp³-hybridized carbons (Fsp3) is 0.263. The van der Waals surface area contributed by atoms with Gasteiger partial charge in [-0.2, -0.15) is 0 Å². The van der Waals surface area contributed by atoms with Crippen molar-refractivity contribution in [3.8, 4) is 0 Å². The number of anilines is 2. The average molecular weight is 386 g/mol. The van der Waals surface area contributed by atoms with Crippen molar-refractivity contribution in [3.05, 3.63) is 59.7 Å². The summed E-state index contributed by atoms with van der Waals surface area (Å²) in [5, 5.41) is 4.11. The zero-order chi connectivity index (χ0) is 19.0. The summed E-state index contributed by atoms with van der Waals surface area (Å²) in [4.78, 5) is 8.53. The average Bonchev–Trinajstić information content (AvgIpc) is 2.99. The van der Waals surface area contributed by atoms with Gasteiger partial charge in [-0.1, -0.05) is 17.7 Å². The Bertz CT molecular complexity index is 1120. The molecule has 0 amide bonds. The Morgan fingerprint density at radius 2 is 2.04 bits per heavy atom. The lowest BCUT2D eigenvalue weighted by Crippen LogP contribution is -2.26. The highest BCUT2D eigenvalue weighted by molar-refractivity contribution is 7.93. The summed E-state index contributed by atoms with van der Waals surface area (Å²) in [7, 11) is -3.40. The molecule has 6 nitrogen and oxygen atoms in total. The molecule has 3 aromatic rings. The Labute approximate surface area is 157 Å². The maximum atomic E-state index is 14.5. The quantitative estimate of drug-likeness (QED) is 0.745. The number of aryl methyl sites for hydroxylation is 1. The van der Waals surface area contributed by atoms with E-state index >= 15 is 0 Å². The molecule has 1 aromatic heterocycles. The van der Waals surface area contributed by atoms with Crippen LogP contribution in [-0.4, -0.2) is 30.7 Å². The molecule has 0 radical (unpaired) electrons. The first-order valence-electron chi connectivity index (χ1n) is 8.68. The van der Waals surface area contributed by atoms with Crippen LogP contribution in [0, 0.1) is 12.7 Å². The standard InChI is InChI=1S/C19H19FN4O2S/c1-13-3-5-17-15(9-13)19(23-12-22-17)21-11-14-4-6-18(16(20)10-14)24-7-2-8-27(24,25)26/h3-6,9-10,12H,2,7-8,11H2,1H3,(H,21,22,23). The maximum Gasteiger partial charge on any atom is 0.235 e. The number of nitrogens with one attached hydrogen (secondary N) is 1. The molecule has 4 rings (SSSR count). The van der Waals surface area contributed by atoms with Gasteiger partial charge in [0, 0.05) is 18.5 Å². The van der Waals surface area contributed by atoms with E-state index in [1.54, 1.807) is 6.07 Å². The van der Waals surface area contributed by atoms with Crippen molar-refractivity contribution in [2.24, 2.45) is 0 Å². The van der Waals surface area contributed by atoms with Gasteiger partial charge in [0.15, 0.2) is 0 Å². The van der Waals surface area contributed by atoms with Gasteiger partial charge in [-0.05, 0) is 43.2 Å². The first kappa shape index (κ1) is 17.7. The van der Waals surface area contributed by atoms with Crippen molar-refractivity contribution in [2.75, 3.05) is 21.9 Å². The highest BCUT2D eigenvalue weighted by Crippen LogP contribution is 2.28. The molecule has 1 N–H and O–H groups in total. The molecule has 8 heteroatoms. The molecule has 2 heterocycles. The number of sulfonamides is 1. The minimum Gasteiger partial charge on any atom is -0.365 e. The Morgan fingerprint density at radius 1 is 1.19 bits per heavy atom. The second-order valence-corrected chi connectivity index (χ2v) is 8.64. The van der Waals surface area contributed by atoms with Crippen LogP contribution in [0.15, 0.2) is 42.7 Å². The molecular formula is C19H19FN4O2S. The topological polar surface area (TPSA) is 75.2 Å². The molecule has 0 aliphatic carbocycles. The zero-order valence-electron chi connectivity index (χ0n) is 14.8. The van der Waals surface area contributed by atoms with E-state index in [-0.39, 0.29) is 11.4 Å². The van der Waals surface area contributed by atoms with Gasteiger partial charge in [0.1, 0.15) is 18.0 Å². The van der Waals surface area contributed by atoms with Crippen molar-refractivity contribution in [1.82, 2.24) is 9.97 Å². The minimum atomic E-state index is -3.40. The van der Waals surface area contributed by atoms with Crippen LogP contribution < -0.4 is 9.62 Å². The highest BCUT2D eigenvalue weighted by Gasteiger charge is 2.30. The normalized spacial score (nSPS) is 16.0. The second kappa shape index (κ2) is 6.77. The fourth-order valence-electron chi connectivity index (χ4n) is 3.27. The summed E-state index contributed by atoms with van der Waals surface area (Å²) in [5.74, 6) is 0.203. The fourth-order valence-corrected chi connectivity index (χ4v) is 4.84. The predicted octanol–water partition coefficient (Wildman–Crippen LogP) is 3.23. The Balaban J connectivity index is 1.56. The molecule has 0 unspecified atom stereocenters. The number of nitrogens with zero attached hydrogens (tertiary/aromatic N) is 3. The van der Waals surface area contributed by atoms with Gasteiger partial charge >= 0.3 is 0 Å². The number of aromatic nitrogens is 2. The number of halogens is 1. The van der Waals surface area contributed by atoms with Gasteiger partial charge in [0.25, 0.3) is 0 Å². The van der Waals surface area contributed by atoms with E-state index in [4.69, 9.17) is 0 Å². The summed E-state index contributed by atoms with van der Waals surface area (Å²) in [6.07, 6.45) is 2.01. The van der Waals surface area contributed by atoms with Crippen molar-refractivity contribution in [3.63, 3.8) is 0 Å². The third-order valence-corrected chi connectivity index (χ3v) is 6.49. The van der Waals surface area contributed by atoms with Crippen LogP contribution >= 0.6 is 0 Å². The van der Waals surface area contributed by atoms with Crippen LogP contribution in [-0.2, 0) is 16.6 Å². The van der Waals surface area contributed by atoms with Crippen LogP contribution in [0.3, 0.4) is 0 Å². The lowest BCUT2D eigenvalue weighted by Gasteiger charge is -2.18. The summed E-state index contributed by atoms with van der Waals surface area (Å²) in [5.41, 5.74) is 2.74. The van der Waals surface area contributed by atoms with Crippen LogP contribution in [0.4, 0.5) is 15.9 Å². The highest BCUT2D eigenvalue weighted by atomic mass is 32.2. The smallest absolute Gasteiger partial charge is 0.235 e. The number of benzene rings is 2. The Kier molecular flexibility index (Phi) is 4.43. The molecule has 0 atom stereocenters. The van der Waals surface area contributed by atoms with E-state index in [0.29, 0.717) is 30.9 Å². The monoisotopic (exact) mass is 386 g/mol. The summed E-state index contributed by atoms with van der Waals surface area (Å²) < 4.78 is 39.7. The molecule has 0 saturated carbocycles. The van der Waals surface area contributed by atoms with Crippen molar-refractivity contribution in [2.45, 2.75) is 19.9 Å². The SMILES string of the molecule is Cc1ccc2ncnc(NCc3ccc(N4CCCS4(=O)=O)c(F)c3)c2c1. The predicted molar refractivity (Wildman–Crippen MR) is 104 cm³/mol. The zero-order valence-corrected chi connectivity index (χ0v) is 15.6. The van der Waals surface area contributed by atoms with E-state index < -0.39 is 15.8 Å². The van der Waals surface area contributed by atoms with Gasteiger partial charge in [0.05, 0.1) is 17.0 Å². The molecule has 27 heavy (non-hydrogen) atoms. The summed E-state index contributed by atoms with van der Waals surface area (Å²) in [6.45, 7) is 2.68. The van der Waals surface area contributed by atoms with E-state index in [9.17, 15) is 12.8 Å². The lowest BCUT2D eigenvalue weighted by atomic mass is 10.1. The number of hydrogen-bond donors (Lipinski definition) is 1. The number of fused-ring (bicyclic) bond motifs is 1. The minimum absolute atomic E-state index is 0.0654. The molecule has 0 bridgehead atoms. The maximum absolute atomic E-state index is 14.5. The molecule has 1 aliphatic rings. The summed E-state index contributed by atoms with van der Waals surface area (Å²) >= 11 is 0. The van der Waals surface area contributed by atoms with Crippen molar-refractivity contribution >= 4 is 32.4 Å². The van der Waals surface area contributed by atoms with Crippen LogP contribution in [0.5, 0.6) is 0 Å². The molecular weight excluding hydrogens is 367 g/mol. The largest absolute Gasteiger partial charge is 0.365 e. The lowest BCUT2D eigenvalue weighted by molar-refractivity contribution is 0.594. The van der Waals surface area contributed by atoms with E-state index in [1.807, 2.05) is 25.1 Å². The van der Waals surface area contributed by atoms with Crippen molar-refractivity contribution in [1.29, 1.82) is 0 Å². The van der Waals surface area contributed by atoms with E-state index in [1.165, 1.54) is 18.5 Å². The van der Waals surface area contributed by atoms with Crippen LogP contribution in [0.1, 0.15) is 17.5 Å². The summed E-state index contributed by atoms with van der Waals surface area (Å²) in [6, 6.07) is 10.5. The Hall–Kier alpha value is -2.74. The van der Waals surface area contributed by atoms with Crippen molar-refractivity contribution < 1.29 is 12.8 Å². The molecule has 2 aromatic carbocycles. The second-order valence-electron chi connectivity index (χ2n) is 6.62. The van der Waals surface area contributed by atoms with Gasteiger partial charge in [-0.15, -0.1) is 0 Å². The number of hydrogen-bond acceptors (Lipinski definition) is 5. The van der Waals surface area contributed by atoms with E-state index in [2.05, 4.69) is 15.3 Å². The third kappa shape index (κ3) is 3.44. The Morgan fingerprint density at radius 3 is 2.78 bits per heavy atom. The molecule has 140 valence electrons. The third-order valence-electron chi connectivity index (χ3n) is 4.63. The molecule has 1 fully saturated rings. The first-order chi connectivity index (χ1) is 12.9. The van der Waals surface area contributed by atoms with Gasteiger partial charge in [0.2, 0.25) is 10.0 Å². The molecule has 1 aliphatic heterocycles. The van der Waals surface area contributed by atoms with Crippen LogP contribution in [0.25, 0.3) is 10.9 Å². The van der Waals surface area contributed by atoms with Gasteiger partial charge < -0.3 is 5.32 Å². The van der Waals surface area contributed by atoms with E-state index in [0.717, 1.165) is 20.8 Å². The van der Waals surface area contributed by atoms with Crippen LogP contribution in [0.2, 0.25) is 0 Å². The number of rotatable bonds is 4. The van der Waals surface area contributed by atoms with Gasteiger partial charge in [-0.25, -0.2) is 22.8 Å². The molecule has 0 spiro atoms. The van der Waals surface area contributed by atoms with Gasteiger partial charge in [-0.3, -0.25) is 4.31 Å². The first-order valence-corrected chi connectivity index (χ1v) is 10.3.